The van der Waals surface area contributed by atoms with Crippen molar-refractivity contribution in [3.05, 3.63) is 65.2 Å². The van der Waals surface area contributed by atoms with Crippen LogP contribution in [-0.2, 0) is 22.7 Å². The van der Waals surface area contributed by atoms with Crippen molar-refractivity contribution in [1.29, 1.82) is 0 Å². The number of hydrogen-bond donors (Lipinski definition) is 1. The average Bonchev–Trinajstić information content (AvgIpc) is 2.63. The van der Waals surface area contributed by atoms with E-state index in [9.17, 15) is 18.1 Å². The molecule has 0 spiro atoms. The monoisotopic (exact) mass is 408 g/mol. The summed E-state index contributed by atoms with van der Waals surface area (Å²) in [5, 5.41) is 2.09. The highest BCUT2D eigenvalue weighted by Gasteiger charge is 2.27. The third kappa shape index (κ3) is 5.77. The molecule has 0 saturated carbocycles. The predicted octanol–water partition coefficient (Wildman–Crippen LogP) is 4.98. The van der Waals surface area contributed by atoms with Crippen molar-refractivity contribution in [2.24, 2.45) is 4.40 Å². The van der Waals surface area contributed by atoms with Crippen molar-refractivity contribution >= 4 is 28.9 Å². The Morgan fingerprint density at radius 3 is 2.43 bits per heavy atom. The Morgan fingerprint density at radius 2 is 1.82 bits per heavy atom. The molecule has 0 aromatic heterocycles. The molecule has 0 saturated heterocycles. The van der Waals surface area contributed by atoms with Crippen LogP contribution >= 0.6 is 0 Å². The molecule has 150 valence electrons. The lowest BCUT2D eigenvalue weighted by Gasteiger charge is -2.19. The molecule has 8 heteroatoms. The summed E-state index contributed by atoms with van der Waals surface area (Å²) in [6.07, 6.45) is -0.994. The number of amides is 1. The van der Waals surface area contributed by atoms with Crippen LogP contribution in [0, 0.1) is 11.6 Å². The fraction of sp³-hybridized carbons (Fsp3) is 0.300. The highest BCUT2D eigenvalue weighted by Crippen LogP contribution is 2.25. The summed E-state index contributed by atoms with van der Waals surface area (Å²) in [6.45, 7) is 6.63. The number of nitrogens with one attached hydrogen (secondary N) is 1. The summed E-state index contributed by atoms with van der Waals surface area (Å²) in [4.78, 5) is 11.9. The first kappa shape index (κ1) is 21.8. The van der Waals surface area contributed by atoms with E-state index in [0.717, 1.165) is 11.6 Å². The van der Waals surface area contributed by atoms with Crippen molar-refractivity contribution < 1.29 is 22.9 Å². The van der Waals surface area contributed by atoms with Gasteiger partial charge in [0, 0.05) is 5.56 Å². The van der Waals surface area contributed by atoms with Gasteiger partial charge in [-0.1, -0.05) is 34.7 Å². The molecule has 28 heavy (non-hydrogen) atoms. The lowest BCUT2D eigenvalue weighted by Crippen LogP contribution is -2.27. The van der Waals surface area contributed by atoms with Crippen molar-refractivity contribution in [2.45, 2.75) is 39.0 Å². The van der Waals surface area contributed by atoms with Crippen LogP contribution in [0.1, 0.15) is 38.8 Å². The van der Waals surface area contributed by atoms with Crippen molar-refractivity contribution in [3.63, 3.8) is 0 Å². The Hall–Kier alpha value is -2.45. The van der Waals surface area contributed by atoms with E-state index in [-0.39, 0.29) is 17.9 Å². The summed E-state index contributed by atoms with van der Waals surface area (Å²) in [5.41, 5.74) is 0.162. The molecule has 0 aliphatic heterocycles. The van der Waals surface area contributed by atoms with Gasteiger partial charge in [-0.15, -0.1) is 0 Å². The molecule has 0 aliphatic rings. The molecule has 0 bridgehead atoms. The van der Waals surface area contributed by atoms with E-state index in [0.29, 0.717) is 0 Å². The van der Waals surface area contributed by atoms with E-state index < -0.39 is 39.5 Å². The molecule has 0 fully saturated rings. The molecule has 2 aromatic carbocycles. The van der Waals surface area contributed by atoms with Crippen LogP contribution in [-0.4, -0.2) is 21.1 Å². The molecular formula is C20H22F2N2O3S. The number of halogens is 2. The first-order valence-corrected chi connectivity index (χ1v) is 9.63. The summed E-state index contributed by atoms with van der Waals surface area (Å²) < 4.78 is 49.3. The van der Waals surface area contributed by atoms with Gasteiger partial charge in [0.1, 0.15) is 34.2 Å². The number of hydrogen-bond acceptors (Lipinski definition) is 4. The van der Waals surface area contributed by atoms with Gasteiger partial charge >= 0.3 is 6.09 Å². The fourth-order valence-electron chi connectivity index (χ4n) is 2.12. The first-order valence-electron chi connectivity index (χ1n) is 8.53. The summed E-state index contributed by atoms with van der Waals surface area (Å²) in [5.74, 6) is -1.97. The van der Waals surface area contributed by atoms with Gasteiger partial charge < -0.3 is 9.29 Å². The van der Waals surface area contributed by atoms with Crippen LogP contribution < -0.4 is 5.32 Å². The summed E-state index contributed by atoms with van der Waals surface area (Å²) >= 11 is -1.61. The largest absolute Gasteiger partial charge is 0.591 e. The molecule has 0 heterocycles. The number of anilines is 1. The topological polar surface area (TPSA) is 73.8 Å². The number of benzene rings is 2. The van der Waals surface area contributed by atoms with Crippen LogP contribution in [0.5, 0.6) is 0 Å². The number of carbonyl (C=O) groups is 1. The molecule has 2 rings (SSSR count). The number of rotatable bonds is 5. The second kappa shape index (κ2) is 9.16. The Morgan fingerprint density at radius 1 is 1.18 bits per heavy atom. The van der Waals surface area contributed by atoms with E-state index in [4.69, 9.17) is 4.74 Å². The minimum atomic E-state index is -1.61. The highest BCUT2D eigenvalue weighted by atomic mass is 32.2. The normalized spacial score (nSPS) is 13.2. The zero-order chi connectivity index (χ0) is 20.9. The third-order valence-corrected chi connectivity index (χ3v) is 5.15. The second-order valence-corrected chi connectivity index (χ2v) is 8.91. The van der Waals surface area contributed by atoms with Crippen molar-refractivity contribution in [1.82, 2.24) is 0 Å². The van der Waals surface area contributed by atoms with Crippen LogP contribution in [0.2, 0.25) is 0 Å². The SMILES string of the molecule is CC(=N[S+]([O-])C(C)(C)C)c1ccc(F)c(NC(=O)OCc2ccccc2)c1F. The van der Waals surface area contributed by atoms with Gasteiger partial charge in [0.05, 0.1) is 5.71 Å². The van der Waals surface area contributed by atoms with Crippen LogP contribution in [0.4, 0.5) is 19.3 Å². The molecule has 1 N–H and O–H groups in total. The fourth-order valence-corrected chi connectivity index (χ4v) is 2.74. The molecule has 1 atom stereocenters. The zero-order valence-corrected chi connectivity index (χ0v) is 16.9. The molecule has 0 radical (unpaired) electrons. The Balaban J connectivity index is 2.18. The quantitative estimate of drug-likeness (QED) is 0.560. The Labute approximate surface area is 166 Å². The zero-order valence-electron chi connectivity index (χ0n) is 16.1. The van der Waals surface area contributed by atoms with E-state index in [2.05, 4.69) is 9.71 Å². The number of carbonyl (C=O) groups excluding carboxylic acids is 1. The minimum Gasteiger partial charge on any atom is -0.591 e. The van der Waals surface area contributed by atoms with Crippen LogP contribution in [0.25, 0.3) is 0 Å². The van der Waals surface area contributed by atoms with Gasteiger partial charge in [0.25, 0.3) is 0 Å². The Bertz CT molecular complexity index is 868. The number of ether oxygens (including phenoxy) is 1. The van der Waals surface area contributed by atoms with Gasteiger partial charge in [-0.25, -0.2) is 13.6 Å². The standard InChI is InChI=1S/C20H22F2N2O3S/c1-13(24-28(26)20(2,3)4)15-10-11-16(21)18(17(15)22)23-19(25)27-12-14-8-6-5-7-9-14/h5-11H,12H2,1-4H3,(H,23,25). The molecule has 1 unspecified atom stereocenters. The van der Waals surface area contributed by atoms with E-state index in [1.807, 2.05) is 6.07 Å². The van der Waals surface area contributed by atoms with Gasteiger partial charge in [-0.2, -0.15) is 0 Å². The maximum absolute atomic E-state index is 14.8. The summed E-state index contributed by atoms with van der Waals surface area (Å²) in [6, 6.07) is 11.1. The predicted molar refractivity (Wildman–Crippen MR) is 107 cm³/mol. The lowest BCUT2D eigenvalue weighted by atomic mass is 10.1. The summed E-state index contributed by atoms with van der Waals surface area (Å²) in [7, 11) is 0. The van der Waals surface area contributed by atoms with E-state index in [1.54, 1.807) is 45.0 Å². The molecule has 1 amide bonds. The van der Waals surface area contributed by atoms with Crippen LogP contribution in [0.3, 0.4) is 0 Å². The van der Waals surface area contributed by atoms with Gasteiger partial charge in [0.15, 0.2) is 5.82 Å². The maximum Gasteiger partial charge on any atom is 0.412 e. The second-order valence-electron chi connectivity index (χ2n) is 7.01. The Kier molecular flexibility index (Phi) is 7.15. The van der Waals surface area contributed by atoms with E-state index in [1.165, 1.54) is 13.0 Å². The van der Waals surface area contributed by atoms with Crippen molar-refractivity contribution in [2.75, 3.05) is 5.32 Å². The smallest absolute Gasteiger partial charge is 0.412 e. The van der Waals surface area contributed by atoms with Gasteiger partial charge in [0.2, 0.25) is 0 Å². The average molecular weight is 408 g/mol. The first-order chi connectivity index (χ1) is 13.1. The van der Waals surface area contributed by atoms with E-state index >= 15 is 0 Å². The van der Waals surface area contributed by atoms with Crippen LogP contribution in [0.15, 0.2) is 46.9 Å². The molecular weight excluding hydrogens is 386 g/mol. The number of nitrogens with zero attached hydrogens (tertiary/aromatic N) is 1. The third-order valence-electron chi connectivity index (χ3n) is 3.66. The lowest BCUT2D eigenvalue weighted by molar-refractivity contribution is 0.155. The molecule has 2 aromatic rings. The molecule has 5 nitrogen and oxygen atoms in total. The maximum atomic E-state index is 14.8. The van der Waals surface area contributed by atoms with Crippen molar-refractivity contribution in [3.8, 4) is 0 Å². The van der Waals surface area contributed by atoms with Gasteiger partial charge in [-0.3, -0.25) is 5.32 Å². The highest BCUT2D eigenvalue weighted by molar-refractivity contribution is 7.91. The minimum absolute atomic E-state index is 0.0410. The van der Waals surface area contributed by atoms with Gasteiger partial charge in [-0.05, 0) is 45.4 Å². The molecule has 0 aliphatic carbocycles.